The van der Waals surface area contributed by atoms with Crippen LogP contribution in [0.4, 0.5) is 13.2 Å². The molecule has 10 nitrogen and oxygen atoms in total. The van der Waals surface area contributed by atoms with Crippen molar-refractivity contribution >= 4 is 23.2 Å². The van der Waals surface area contributed by atoms with Crippen molar-refractivity contribution < 1.29 is 27.5 Å². The van der Waals surface area contributed by atoms with E-state index in [1.807, 2.05) is 0 Å². The van der Waals surface area contributed by atoms with Crippen molar-refractivity contribution in [3.8, 4) is 17.0 Å². The first-order valence-electron chi connectivity index (χ1n) is 10.1. The Morgan fingerprint density at radius 2 is 2.00 bits per heavy atom. The van der Waals surface area contributed by atoms with E-state index in [0.29, 0.717) is 18.4 Å². The highest BCUT2D eigenvalue weighted by Gasteiger charge is 2.37. The van der Waals surface area contributed by atoms with E-state index in [2.05, 4.69) is 19.6 Å². The van der Waals surface area contributed by atoms with E-state index >= 15 is 0 Å². The Balaban J connectivity index is 1.48. The van der Waals surface area contributed by atoms with Crippen molar-refractivity contribution in [2.45, 2.75) is 25.1 Å². The molecule has 5 rings (SSSR count). The zero-order valence-electron chi connectivity index (χ0n) is 17.2. The van der Waals surface area contributed by atoms with Gasteiger partial charge in [-0.1, -0.05) is 11.6 Å². The monoisotopic (exact) mass is 496 g/mol. The van der Waals surface area contributed by atoms with Crippen molar-refractivity contribution in [1.82, 2.24) is 29.0 Å². The molecule has 0 aliphatic carbocycles. The summed E-state index contributed by atoms with van der Waals surface area (Å²) in [6.07, 6.45) is 1.00. The van der Waals surface area contributed by atoms with Crippen LogP contribution >= 0.6 is 11.6 Å². The summed E-state index contributed by atoms with van der Waals surface area (Å²) in [5.41, 5.74) is -1.24. The second kappa shape index (κ2) is 7.94. The molecular formula is C20H16ClF3N6O4. The molecule has 5 heterocycles. The number of halogens is 4. The van der Waals surface area contributed by atoms with Crippen LogP contribution in [0.5, 0.6) is 5.88 Å². The first-order chi connectivity index (χ1) is 16.1. The van der Waals surface area contributed by atoms with Gasteiger partial charge in [-0.2, -0.15) is 18.3 Å². The Morgan fingerprint density at radius 3 is 2.59 bits per heavy atom. The molecule has 178 valence electrons. The summed E-state index contributed by atoms with van der Waals surface area (Å²) in [4.78, 5) is 30.3. The first-order valence-corrected chi connectivity index (χ1v) is 10.5. The Labute approximate surface area is 193 Å². The van der Waals surface area contributed by atoms with Gasteiger partial charge in [0, 0.05) is 42.7 Å². The predicted octanol–water partition coefficient (Wildman–Crippen LogP) is 3.33. The van der Waals surface area contributed by atoms with E-state index in [-0.39, 0.29) is 41.4 Å². The van der Waals surface area contributed by atoms with Crippen LogP contribution < -0.4 is 5.76 Å². The fraction of sp³-hybridized carbons (Fsp3) is 0.300. The summed E-state index contributed by atoms with van der Waals surface area (Å²) in [5.74, 6) is -1.65. The molecular weight excluding hydrogens is 481 g/mol. The summed E-state index contributed by atoms with van der Waals surface area (Å²) < 4.78 is 48.2. The molecule has 0 saturated carbocycles. The molecule has 0 radical (unpaired) electrons. The van der Waals surface area contributed by atoms with Gasteiger partial charge >= 0.3 is 11.9 Å². The number of likely N-dealkylation sites (tertiary alicyclic amines) is 1. The van der Waals surface area contributed by atoms with Gasteiger partial charge < -0.3 is 14.4 Å². The number of aromatic hydroxyl groups is 1. The van der Waals surface area contributed by atoms with E-state index in [1.165, 1.54) is 23.5 Å². The van der Waals surface area contributed by atoms with Gasteiger partial charge in [0.2, 0.25) is 5.88 Å². The Morgan fingerprint density at radius 1 is 1.26 bits per heavy atom. The van der Waals surface area contributed by atoms with Gasteiger partial charge in [0.1, 0.15) is 5.15 Å². The van der Waals surface area contributed by atoms with Gasteiger partial charge in [-0.3, -0.25) is 14.3 Å². The molecule has 0 aromatic carbocycles. The quantitative estimate of drug-likeness (QED) is 0.448. The maximum atomic E-state index is 13.8. The lowest BCUT2D eigenvalue weighted by Gasteiger charge is -2.31. The molecule has 0 spiro atoms. The third-order valence-corrected chi connectivity index (χ3v) is 6.19. The molecule has 1 fully saturated rings. The second-order valence-electron chi connectivity index (χ2n) is 7.83. The minimum Gasteiger partial charge on any atom is -0.492 e. The van der Waals surface area contributed by atoms with Crippen LogP contribution in [0, 0.1) is 0 Å². The SMILES string of the molecule is O=C(c1nc2c(C(F)(F)F)cc(-c3cn[nH]c3)cn2c1Cl)N1CCC(n2c(O)coc2=O)CC1. The van der Waals surface area contributed by atoms with Gasteiger partial charge in [0.15, 0.2) is 17.6 Å². The summed E-state index contributed by atoms with van der Waals surface area (Å²) in [5, 5.41) is 15.8. The number of carbonyl (C=O) groups excluding carboxylic acids is 1. The summed E-state index contributed by atoms with van der Waals surface area (Å²) in [6, 6.07) is 0.541. The molecule has 34 heavy (non-hydrogen) atoms. The number of amides is 1. The number of oxazole rings is 1. The average molecular weight is 497 g/mol. The topological polar surface area (TPSA) is 122 Å². The number of fused-ring (bicyclic) bond motifs is 1. The third-order valence-electron chi connectivity index (χ3n) is 5.83. The minimum atomic E-state index is -4.74. The van der Waals surface area contributed by atoms with E-state index in [0.717, 1.165) is 21.3 Å². The molecule has 14 heteroatoms. The van der Waals surface area contributed by atoms with Crippen molar-refractivity contribution in [2.24, 2.45) is 0 Å². The van der Waals surface area contributed by atoms with Gasteiger partial charge in [0.05, 0.1) is 11.8 Å². The van der Waals surface area contributed by atoms with Crippen LogP contribution in [-0.2, 0) is 6.18 Å². The highest BCUT2D eigenvalue weighted by molar-refractivity contribution is 6.33. The highest BCUT2D eigenvalue weighted by atomic mass is 35.5. The lowest BCUT2D eigenvalue weighted by Crippen LogP contribution is -2.40. The van der Waals surface area contributed by atoms with E-state index in [9.17, 15) is 27.9 Å². The average Bonchev–Trinajstić information content (AvgIpc) is 3.52. The fourth-order valence-electron chi connectivity index (χ4n) is 4.15. The molecule has 4 aromatic heterocycles. The molecule has 1 aliphatic rings. The lowest BCUT2D eigenvalue weighted by molar-refractivity contribution is -0.136. The number of nitrogens with one attached hydrogen (secondary N) is 1. The molecule has 1 aliphatic heterocycles. The predicted molar refractivity (Wildman–Crippen MR) is 112 cm³/mol. The Hall–Kier alpha value is -3.74. The van der Waals surface area contributed by atoms with Gasteiger partial charge in [-0.25, -0.2) is 14.3 Å². The standard InChI is InChI=1S/C20H16ClF3N6O4/c21-16-15(18(32)28-3-1-12(2-4-28)30-14(31)9-34-19(30)33)27-17-13(20(22,23)24)5-10(8-29(16)17)11-6-25-26-7-11/h5-9,12,31H,1-4H2,(H,25,26). The second-order valence-corrected chi connectivity index (χ2v) is 8.18. The number of alkyl halides is 3. The molecule has 2 N–H and O–H groups in total. The lowest BCUT2D eigenvalue weighted by atomic mass is 10.0. The number of hydrogen-bond acceptors (Lipinski definition) is 6. The summed E-state index contributed by atoms with van der Waals surface area (Å²) in [7, 11) is 0. The van der Waals surface area contributed by atoms with Crippen molar-refractivity contribution in [1.29, 1.82) is 0 Å². The summed E-state index contributed by atoms with van der Waals surface area (Å²) in [6.45, 7) is 0.355. The maximum Gasteiger partial charge on any atom is 0.422 e. The molecule has 0 bridgehead atoms. The molecule has 4 aromatic rings. The van der Waals surface area contributed by atoms with Crippen molar-refractivity contribution in [3.05, 3.63) is 57.9 Å². The molecule has 0 unspecified atom stereocenters. The molecule has 0 atom stereocenters. The number of nitrogens with zero attached hydrogens (tertiary/aromatic N) is 5. The van der Waals surface area contributed by atoms with E-state index in [1.54, 1.807) is 0 Å². The fourth-order valence-corrected chi connectivity index (χ4v) is 4.40. The number of hydrogen-bond donors (Lipinski definition) is 2. The number of aromatic amines is 1. The summed E-state index contributed by atoms with van der Waals surface area (Å²) >= 11 is 6.35. The Bertz CT molecular complexity index is 1430. The van der Waals surface area contributed by atoms with Crippen LogP contribution in [-0.4, -0.2) is 53.2 Å². The normalized spacial score (nSPS) is 15.4. The number of imidazole rings is 1. The minimum absolute atomic E-state index is 0.178. The van der Waals surface area contributed by atoms with Gasteiger partial charge in [-0.05, 0) is 18.9 Å². The van der Waals surface area contributed by atoms with Crippen molar-refractivity contribution in [2.75, 3.05) is 13.1 Å². The molecule has 1 amide bonds. The third kappa shape index (κ3) is 3.61. The van der Waals surface area contributed by atoms with Crippen molar-refractivity contribution in [3.63, 3.8) is 0 Å². The zero-order valence-corrected chi connectivity index (χ0v) is 18.0. The number of piperidine rings is 1. The van der Waals surface area contributed by atoms with E-state index < -0.39 is 29.1 Å². The van der Waals surface area contributed by atoms with Gasteiger partial charge in [0.25, 0.3) is 5.91 Å². The van der Waals surface area contributed by atoms with Crippen LogP contribution in [0.15, 0.2) is 40.1 Å². The van der Waals surface area contributed by atoms with Crippen LogP contribution in [0.3, 0.4) is 0 Å². The maximum absolute atomic E-state index is 13.8. The van der Waals surface area contributed by atoms with Crippen LogP contribution in [0.1, 0.15) is 34.9 Å². The molecule has 1 saturated heterocycles. The number of pyridine rings is 1. The smallest absolute Gasteiger partial charge is 0.422 e. The van der Waals surface area contributed by atoms with E-state index in [4.69, 9.17) is 11.6 Å². The number of carbonyl (C=O) groups is 1. The van der Waals surface area contributed by atoms with Crippen LogP contribution in [0.2, 0.25) is 5.15 Å². The number of rotatable bonds is 3. The zero-order chi connectivity index (χ0) is 24.2. The highest BCUT2D eigenvalue weighted by Crippen LogP contribution is 2.37. The first kappa shape index (κ1) is 22.1. The largest absolute Gasteiger partial charge is 0.492 e. The number of H-pyrrole nitrogens is 1. The van der Waals surface area contributed by atoms with Crippen LogP contribution in [0.25, 0.3) is 16.8 Å². The Kier molecular flexibility index (Phi) is 5.15. The van der Waals surface area contributed by atoms with Gasteiger partial charge in [-0.15, -0.1) is 0 Å². The number of aromatic nitrogens is 5.